The second kappa shape index (κ2) is 11.2. The Bertz CT molecular complexity index is 1230. The highest BCUT2D eigenvalue weighted by atomic mass is 35.5. The number of rotatable bonds is 8. The summed E-state index contributed by atoms with van der Waals surface area (Å²) in [7, 11) is 0. The summed E-state index contributed by atoms with van der Waals surface area (Å²) in [5.74, 6) is 3.42. The minimum Gasteiger partial charge on any atom is -0.347 e. The summed E-state index contributed by atoms with van der Waals surface area (Å²) >= 11 is 0. The lowest BCUT2D eigenvalue weighted by Crippen LogP contribution is -2.47. The van der Waals surface area contributed by atoms with Crippen molar-refractivity contribution in [1.29, 1.82) is 0 Å². The predicted octanol–water partition coefficient (Wildman–Crippen LogP) is 7.97. The van der Waals surface area contributed by atoms with Gasteiger partial charge in [-0.25, -0.2) is 0 Å². The maximum Gasteiger partial charge on any atom is 0.0483 e. The van der Waals surface area contributed by atoms with Crippen LogP contribution in [0.25, 0.3) is 10.9 Å². The molecule has 4 bridgehead atoms. The van der Waals surface area contributed by atoms with Crippen LogP contribution in [0.15, 0.2) is 54.7 Å². The van der Waals surface area contributed by atoms with E-state index in [-0.39, 0.29) is 12.4 Å². The molecule has 0 saturated heterocycles. The number of nitrogens with one attached hydrogen (secondary N) is 1. The molecule has 5 aliphatic rings. The van der Waals surface area contributed by atoms with Gasteiger partial charge in [-0.05, 0) is 124 Å². The van der Waals surface area contributed by atoms with Gasteiger partial charge in [-0.3, -0.25) is 0 Å². The van der Waals surface area contributed by atoms with Crippen LogP contribution in [0.3, 0.4) is 0 Å². The first-order valence-electron chi connectivity index (χ1n) is 15.7. The Labute approximate surface area is 241 Å². The van der Waals surface area contributed by atoms with Crippen LogP contribution in [0, 0.1) is 30.1 Å². The number of para-hydroxylation sites is 1. The lowest BCUT2D eigenvalue weighted by Gasteiger charge is -2.57. The summed E-state index contributed by atoms with van der Waals surface area (Å²) in [6.45, 7) is 4.52. The van der Waals surface area contributed by atoms with Crippen LogP contribution in [0.4, 0.5) is 0 Å². The Hall–Kier alpha value is -1.81. The van der Waals surface area contributed by atoms with Crippen molar-refractivity contribution in [2.24, 2.45) is 28.9 Å². The predicted molar refractivity (Wildman–Crippen MR) is 166 cm³/mol. The van der Waals surface area contributed by atoms with E-state index in [1.165, 1.54) is 85.5 Å². The molecule has 210 valence electrons. The second-order valence-corrected chi connectivity index (χ2v) is 14.0. The first-order valence-corrected chi connectivity index (χ1v) is 15.7. The monoisotopic (exact) mass is 545 g/mol. The number of hydrogen-bond donors (Lipinski definition) is 2. The smallest absolute Gasteiger partial charge is 0.0483 e. The van der Waals surface area contributed by atoms with E-state index in [0.717, 1.165) is 43.6 Å². The van der Waals surface area contributed by atoms with Crippen molar-refractivity contribution in [3.8, 4) is 0 Å². The van der Waals surface area contributed by atoms with Crippen LogP contribution in [-0.4, -0.2) is 23.2 Å². The van der Waals surface area contributed by atoms with Crippen molar-refractivity contribution < 1.29 is 0 Å². The molecule has 0 amide bonds. The molecule has 1 unspecified atom stereocenters. The normalized spacial score (nSPS) is 32.3. The number of hydrogen-bond acceptors (Lipinski definition) is 2. The van der Waals surface area contributed by atoms with Gasteiger partial charge in [-0.2, -0.15) is 0 Å². The van der Waals surface area contributed by atoms with Gasteiger partial charge in [-0.15, -0.1) is 12.4 Å². The molecule has 2 aromatic carbocycles. The van der Waals surface area contributed by atoms with E-state index in [1.807, 2.05) is 0 Å². The highest BCUT2D eigenvalue weighted by Crippen LogP contribution is 2.60. The van der Waals surface area contributed by atoms with E-state index < -0.39 is 0 Å². The summed E-state index contributed by atoms with van der Waals surface area (Å²) in [5, 5.41) is 5.39. The van der Waals surface area contributed by atoms with Crippen LogP contribution in [0.2, 0.25) is 0 Å². The van der Waals surface area contributed by atoms with Crippen LogP contribution in [0.1, 0.15) is 93.2 Å². The Morgan fingerprint density at radius 2 is 1.62 bits per heavy atom. The first kappa shape index (κ1) is 27.4. The molecule has 0 aliphatic heterocycles. The van der Waals surface area contributed by atoms with Gasteiger partial charge in [0.2, 0.25) is 0 Å². The van der Waals surface area contributed by atoms with Crippen molar-refractivity contribution in [1.82, 2.24) is 9.88 Å². The van der Waals surface area contributed by atoms with Gasteiger partial charge in [0.1, 0.15) is 0 Å². The van der Waals surface area contributed by atoms with Crippen LogP contribution < -0.4 is 11.1 Å². The fourth-order valence-electron chi connectivity index (χ4n) is 9.67. The molecular formula is C35H48ClN3. The van der Waals surface area contributed by atoms with Gasteiger partial charge >= 0.3 is 0 Å². The van der Waals surface area contributed by atoms with Crippen molar-refractivity contribution in [2.45, 2.75) is 102 Å². The first-order chi connectivity index (χ1) is 18.5. The summed E-state index contributed by atoms with van der Waals surface area (Å²) in [4.78, 5) is 0. The third kappa shape index (κ3) is 5.56. The fraction of sp³-hybridized carbons (Fsp3) is 0.600. The molecule has 4 heteroatoms. The number of aromatic nitrogens is 1. The molecule has 3 aromatic rings. The average molecular weight is 546 g/mol. The standard InChI is InChI=1S/C35H47N3.ClH/c1-24-5-4-6-28(15-24)31(13-14-37-30-11-9-29(36)10-12-30)33-22-38(34-8-3-2-7-32(33)34)23-35-19-25-16-26(20-35)18-27(17-25)21-35;/h2-8,15,22,25-27,29-31,37H,9-14,16-21,23,36H2,1H3;1H. The van der Waals surface area contributed by atoms with Gasteiger partial charge in [0.25, 0.3) is 0 Å². The van der Waals surface area contributed by atoms with Crippen LogP contribution >= 0.6 is 12.4 Å². The Morgan fingerprint density at radius 1 is 0.923 bits per heavy atom. The molecule has 1 aromatic heterocycles. The third-order valence-corrected chi connectivity index (χ3v) is 10.9. The summed E-state index contributed by atoms with van der Waals surface area (Å²) < 4.78 is 2.69. The molecule has 3 nitrogen and oxygen atoms in total. The Morgan fingerprint density at radius 3 is 2.31 bits per heavy atom. The summed E-state index contributed by atoms with van der Waals surface area (Å²) in [6.07, 6.45) is 17.5. The molecule has 0 radical (unpaired) electrons. The average Bonchev–Trinajstić information content (AvgIpc) is 3.24. The zero-order valence-corrected chi connectivity index (χ0v) is 24.6. The number of halogens is 1. The van der Waals surface area contributed by atoms with Crippen LogP contribution in [0.5, 0.6) is 0 Å². The Kier molecular flexibility index (Phi) is 7.87. The number of aryl methyl sites for hydroxylation is 1. The minimum atomic E-state index is 0. The molecule has 5 aliphatic carbocycles. The topological polar surface area (TPSA) is 43.0 Å². The van der Waals surface area contributed by atoms with E-state index in [2.05, 4.69) is 71.5 Å². The zero-order chi connectivity index (χ0) is 25.7. The van der Waals surface area contributed by atoms with E-state index in [0.29, 0.717) is 23.4 Å². The molecular weight excluding hydrogens is 498 g/mol. The van der Waals surface area contributed by atoms with Crippen LogP contribution in [-0.2, 0) is 6.54 Å². The van der Waals surface area contributed by atoms with Crippen molar-refractivity contribution in [3.05, 3.63) is 71.4 Å². The van der Waals surface area contributed by atoms with E-state index >= 15 is 0 Å². The zero-order valence-electron chi connectivity index (χ0n) is 23.8. The highest BCUT2D eigenvalue weighted by molar-refractivity contribution is 5.85. The van der Waals surface area contributed by atoms with Crippen molar-refractivity contribution in [2.75, 3.05) is 6.54 Å². The number of benzene rings is 2. The fourth-order valence-corrected chi connectivity index (χ4v) is 9.67. The van der Waals surface area contributed by atoms with Crippen molar-refractivity contribution in [3.63, 3.8) is 0 Å². The molecule has 3 N–H and O–H groups in total. The molecule has 0 spiro atoms. The van der Waals surface area contributed by atoms with Gasteiger partial charge < -0.3 is 15.6 Å². The lowest BCUT2D eigenvalue weighted by atomic mass is 9.49. The Balaban J connectivity index is 0.00000277. The second-order valence-electron chi connectivity index (χ2n) is 14.0. The maximum absolute atomic E-state index is 6.17. The van der Waals surface area contributed by atoms with Gasteiger partial charge in [-0.1, -0.05) is 48.0 Å². The molecule has 1 atom stereocenters. The quantitative estimate of drug-likeness (QED) is 0.301. The molecule has 8 rings (SSSR count). The highest BCUT2D eigenvalue weighted by Gasteiger charge is 2.51. The molecule has 5 saturated carbocycles. The van der Waals surface area contributed by atoms with E-state index in [4.69, 9.17) is 5.73 Å². The van der Waals surface area contributed by atoms with Gasteiger partial charge in [0.05, 0.1) is 0 Å². The van der Waals surface area contributed by atoms with E-state index in [1.54, 1.807) is 0 Å². The SMILES string of the molecule is Cc1cccc(C(CCNC2CCC(N)CC2)c2cn(CC34CC5CC(CC(C5)C3)C4)c3ccccc23)c1.Cl. The molecule has 1 heterocycles. The largest absolute Gasteiger partial charge is 0.347 e. The number of nitrogens with two attached hydrogens (primary N) is 1. The van der Waals surface area contributed by atoms with Crippen molar-refractivity contribution >= 4 is 23.3 Å². The van der Waals surface area contributed by atoms with Gasteiger partial charge in [0, 0.05) is 41.6 Å². The molecule has 5 fully saturated rings. The maximum atomic E-state index is 6.17. The summed E-state index contributed by atoms with van der Waals surface area (Å²) in [6, 6.07) is 19.6. The minimum absolute atomic E-state index is 0. The summed E-state index contributed by atoms with van der Waals surface area (Å²) in [5.41, 5.74) is 12.5. The number of fused-ring (bicyclic) bond motifs is 1. The van der Waals surface area contributed by atoms with Gasteiger partial charge in [0.15, 0.2) is 0 Å². The third-order valence-electron chi connectivity index (χ3n) is 10.9. The number of nitrogens with zero attached hydrogens (tertiary/aromatic N) is 1. The molecule has 39 heavy (non-hydrogen) atoms. The van der Waals surface area contributed by atoms with E-state index in [9.17, 15) is 0 Å². The lowest BCUT2D eigenvalue weighted by molar-refractivity contribution is -0.0613.